The molecule has 0 aromatic carbocycles. The van der Waals surface area contributed by atoms with Gasteiger partial charge in [-0.25, -0.2) is 9.97 Å². The zero-order valence-corrected chi connectivity index (χ0v) is 15.3. The average Bonchev–Trinajstić information content (AvgIpc) is 3.23. The number of nitrogens with one attached hydrogen (secondary N) is 2. The van der Waals surface area contributed by atoms with Gasteiger partial charge in [-0.15, -0.1) is 22.7 Å². The lowest BCUT2D eigenvalue weighted by atomic mass is 10.3. The van der Waals surface area contributed by atoms with Crippen LogP contribution in [-0.2, 0) is 4.79 Å². The molecule has 0 fully saturated rings. The van der Waals surface area contributed by atoms with E-state index < -0.39 is 0 Å². The SMILES string of the molecule is C/C=C/c1sc(-c2nccs2)nc1C(=O)NCCCNC(=O)CC. The summed E-state index contributed by atoms with van der Waals surface area (Å²) in [6.07, 6.45) is 6.64. The number of hydrogen-bond donors (Lipinski definition) is 2. The van der Waals surface area contributed by atoms with Crippen LogP contribution in [0.25, 0.3) is 16.1 Å². The molecule has 0 bridgehead atoms. The fraction of sp³-hybridized carbons (Fsp3) is 0.375. The van der Waals surface area contributed by atoms with Crippen molar-refractivity contribution in [3.63, 3.8) is 0 Å². The minimum absolute atomic E-state index is 0.0179. The van der Waals surface area contributed by atoms with Gasteiger partial charge in [-0.1, -0.05) is 13.0 Å². The largest absolute Gasteiger partial charge is 0.356 e. The fourth-order valence-electron chi connectivity index (χ4n) is 1.91. The van der Waals surface area contributed by atoms with E-state index in [0.29, 0.717) is 31.6 Å². The zero-order valence-electron chi connectivity index (χ0n) is 13.7. The lowest BCUT2D eigenvalue weighted by Gasteiger charge is -2.05. The number of nitrogens with zero attached hydrogens (tertiary/aromatic N) is 2. The second kappa shape index (κ2) is 9.29. The summed E-state index contributed by atoms with van der Waals surface area (Å²) in [6, 6.07) is 0. The standard InChI is InChI=1S/C16H20N4O2S2/c1-3-6-11-13(20-16(24-11)15-19-9-10-23-15)14(22)18-8-5-7-17-12(21)4-2/h3,6,9-10H,4-5,7-8H2,1-2H3,(H,17,21)(H,18,22)/b6-3+. The molecule has 128 valence electrons. The van der Waals surface area contributed by atoms with E-state index in [1.165, 1.54) is 22.7 Å². The Morgan fingerprint density at radius 1 is 1.25 bits per heavy atom. The van der Waals surface area contributed by atoms with Crippen molar-refractivity contribution in [2.75, 3.05) is 13.1 Å². The van der Waals surface area contributed by atoms with Gasteiger partial charge in [0.25, 0.3) is 5.91 Å². The molecule has 24 heavy (non-hydrogen) atoms. The highest BCUT2D eigenvalue weighted by atomic mass is 32.1. The molecule has 2 aromatic heterocycles. The lowest BCUT2D eigenvalue weighted by Crippen LogP contribution is -2.29. The summed E-state index contributed by atoms with van der Waals surface area (Å²) in [5.41, 5.74) is 0.417. The smallest absolute Gasteiger partial charge is 0.271 e. The van der Waals surface area contributed by atoms with Crippen LogP contribution in [0.3, 0.4) is 0 Å². The molecule has 6 nitrogen and oxygen atoms in total. The Morgan fingerprint density at radius 2 is 2.04 bits per heavy atom. The predicted molar refractivity (Wildman–Crippen MR) is 98.2 cm³/mol. The van der Waals surface area contributed by atoms with Crippen LogP contribution in [0.1, 0.15) is 42.1 Å². The van der Waals surface area contributed by atoms with Gasteiger partial charge in [-0.3, -0.25) is 9.59 Å². The van der Waals surface area contributed by atoms with E-state index in [1.807, 2.05) is 31.4 Å². The van der Waals surface area contributed by atoms with E-state index in [1.54, 1.807) is 6.20 Å². The summed E-state index contributed by atoms with van der Waals surface area (Å²) in [5, 5.41) is 9.08. The Labute approximate surface area is 149 Å². The van der Waals surface area contributed by atoms with E-state index in [-0.39, 0.29) is 11.8 Å². The van der Waals surface area contributed by atoms with Crippen LogP contribution < -0.4 is 10.6 Å². The predicted octanol–water partition coefficient (Wildman–Crippen LogP) is 2.95. The first-order valence-electron chi connectivity index (χ1n) is 7.74. The maximum Gasteiger partial charge on any atom is 0.271 e. The third kappa shape index (κ3) is 4.97. The summed E-state index contributed by atoms with van der Waals surface area (Å²) in [6.45, 7) is 4.75. The molecule has 2 aromatic rings. The highest BCUT2D eigenvalue weighted by Crippen LogP contribution is 2.30. The van der Waals surface area contributed by atoms with Gasteiger partial charge in [0, 0.05) is 31.1 Å². The number of carbonyl (C=O) groups excluding carboxylic acids is 2. The van der Waals surface area contributed by atoms with Gasteiger partial charge < -0.3 is 10.6 Å². The van der Waals surface area contributed by atoms with Crippen molar-refractivity contribution in [3.8, 4) is 10.0 Å². The molecule has 0 saturated carbocycles. The third-order valence-electron chi connectivity index (χ3n) is 3.08. The van der Waals surface area contributed by atoms with E-state index in [9.17, 15) is 9.59 Å². The van der Waals surface area contributed by atoms with Crippen LogP contribution in [-0.4, -0.2) is 34.9 Å². The first kappa shape index (κ1) is 18.3. The molecule has 0 aliphatic heterocycles. The van der Waals surface area contributed by atoms with Crippen molar-refractivity contribution in [1.29, 1.82) is 0 Å². The molecule has 0 radical (unpaired) electrons. The highest BCUT2D eigenvalue weighted by molar-refractivity contribution is 7.21. The van der Waals surface area contributed by atoms with Gasteiger partial charge in [0.2, 0.25) is 5.91 Å². The van der Waals surface area contributed by atoms with Gasteiger partial charge in [-0.2, -0.15) is 0 Å². The number of aromatic nitrogens is 2. The van der Waals surface area contributed by atoms with Crippen LogP contribution in [0, 0.1) is 0 Å². The highest BCUT2D eigenvalue weighted by Gasteiger charge is 2.18. The van der Waals surface area contributed by atoms with Crippen LogP contribution in [0.5, 0.6) is 0 Å². The molecule has 2 N–H and O–H groups in total. The van der Waals surface area contributed by atoms with Crippen LogP contribution >= 0.6 is 22.7 Å². The fourth-order valence-corrected chi connectivity index (χ4v) is 3.62. The number of rotatable bonds is 8. The van der Waals surface area contributed by atoms with E-state index in [0.717, 1.165) is 14.9 Å². The summed E-state index contributed by atoms with van der Waals surface area (Å²) >= 11 is 2.95. The van der Waals surface area contributed by atoms with Crippen LogP contribution in [0.4, 0.5) is 0 Å². The Balaban J connectivity index is 1.96. The first-order chi connectivity index (χ1) is 11.7. The summed E-state index contributed by atoms with van der Waals surface area (Å²) < 4.78 is 0. The van der Waals surface area contributed by atoms with Crippen molar-refractivity contribution < 1.29 is 9.59 Å². The summed E-state index contributed by atoms with van der Waals surface area (Å²) in [5.74, 6) is -0.187. The van der Waals surface area contributed by atoms with Crippen molar-refractivity contribution in [3.05, 3.63) is 28.2 Å². The molecule has 0 unspecified atom stereocenters. The molecule has 8 heteroatoms. The molecule has 0 atom stereocenters. The molecule has 0 spiro atoms. The maximum atomic E-state index is 12.4. The number of amides is 2. The molecular formula is C16H20N4O2S2. The second-order valence-electron chi connectivity index (χ2n) is 4.88. The first-order valence-corrected chi connectivity index (χ1v) is 9.43. The molecule has 0 aliphatic rings. The normalized spacial score (nSPS) is 10.9. The van der Waals surface area contributed by atoms with Crippen LogP contribution in [0.15, 0.2) is 17.7 Å². The lowest BCUT2D eigenvalue weighted by molar-refractivity contribution is -0.120. The maximum absolute atomic E-state index is 12.4. The minimum atomic E-state index is -0.205. The molecule has 0 aliphatic carbocycles. The second-order valence-corrected chi connectivity index (χ2v) is 6.81. The molecular weight excluding hydrogens is 344 g/mol. The van der Waals surface area contributed by atoms with E-state index in [2.05, 4.69) is 20.6 Å². The molecule has 0 saturated heterocycles. The van der Waals surface area contributed by atoms with Gasteiger partial charge in [0.15, 0.2) is 10.0 Å². The van der Waals surface area contributed by atoms with Gasteiger partial charge in [0.05, 0.1) is 4.88 Å². The molecule has 2 heterocycles. The molecule has 2 amide bonds. The van der Waals surface area contributed by atoms with Crippen molar-refractivity contribution in [1.82, 2.24) is 20.6 Å². The zero-order chi connectivity index (χ0) is 17.4. The number of thiazole rings is 2. The van der Waals surface area contributed by atoms with E-state index in [4.69, 9.17) is 0 Å². The van der Waals surface area contributed by atoms with Gasteiger partial charge in [-0.05, 0) is 19.4 Å². The number of carbonyl (C=O) groups is 2. The monoisotopic (exact) mass is 364 g/mol. The molecule has 2 rings (SSSR count). The topological polar surface area (TPSA) is 84.0 Å². The summed E-state index contributed by atoms with van der Waals surface area (Å²) in [4.78, 5) is 33.0. The average molecular weight is 364 g/mol. The number of hydrogen-bond acceptors (Lipinski definition) is 6. The number of allylic oxidation sites excluding steroid dienone is 1. The Kier molecular flexibility index (Phi) is 7.07. The Morgan fingerprint density at radius 3 is 2.71 bits per heavy atom. The van der Waals surface area contributed by atoms with Crippen molar-refractivity contribution >= 4 is 40.6 Å². The minimum Gasteiger partial charge on any atom is -0.356 e. The Hall–Kier alpha value is -2.06. The van der Waals surface area contributed by atoms with E-state index >= 15 is 0 Å². The Bertz CT molecular complexity index is 708. The summed E-state index contributed by atoms with van der Waals surface area (Å²) in [7, 11) is 0. The quantitative estimate of drug-likeness (QED) is 0.706. The third-order valence-corrected chi connectivity index (χ3v) is 5.02. The van der Waals surface area contributed by atoms with Crippen molar-refractivity contribution in [2.24, 2.45) is 0 Å². The van der Waals surface area contributed by atoms with Gasteiger partial charge in [0.1, 0.15) is 5.69 Å². The van der Waals surface area contributed by atoms with Crippen LogP contribution in [0.2, 0.25) is 0 Å². The van der Waals surface area contributed by atoms with Gasteiger partial charge >= 0.3 is 0 Å². The van der Waals surface area contributed by atoms with Crippen molar-refractivity contribution in [2.45, 2.75) is 26.7 Å².